The van der Waals surface area contributed by atoms with Gasteiger partial charge in [0, 0.05) is 7.11 Å². The van der Waals surface area contributed by atoms with Gasteiger partial charge < -0.3 is 10.1 Å². The second-order valence-corrected chi connectivity index (χ2v) is 3.52. The van der Waals surface area contributed by atoms with Crippen LogP contribution in [0.3, 0.4) is 0 Å². The van der Waals surface area contributed by atoms with Crippen LogP contribution in [0.4, 0.5) is 0 Å². The first kappa shape index (κ1) is 10.9. The molecule has 6 heteroatoms. The Morgan fingerprint density at radius 3 is 2.79 bits per heavy atom. The number of amides is 2. The van der Waals surface area contributed by atoms with E-state index in [-0.39, 0.29) is 18.4 Å². The lowest BCUT2D eigenvalue weighted by Gasteiger charge is -2.22. The molecule has 1 aliphatic rings. The van der Waals surface area contributed by atoms with Crippen molar-refractivity contribution in [1.82, 2.24) is 10.8 Å². The lowest BCUT2D eigenvalue weighted by atomic mass is 10.1. The van der Waals surface area contributed by atoms with Crippen molar-refractivity contribution in [1.29, 1.82) is 0 Å². The van der Waals surface area contributed by atoms with E-state index in [0.717, 1.165) is 0 Å². The number of ether oxygens (including phenoxy) is 1. The molecule has 1 saturated heterocycles. The number of hydrogen-bond acceptors (Lipinski definition) is 4. The molecular formula is C8H14N2O4. The minimum atomic E-state index is -0.942. The first-order chi connectivity index (χ1) is 6.47. The Morgan fingerprint density at radius 1 is 1.71 bits per heavy atom. The minimum Gasteiger partial charge on any atom is -0.369 e. The van der Waals surface area contributed by atoms with Crippen molar-refractivity contribution in [2.75, 3.05) is 13.7 Å². The molecule has 6 nitrogen and oxygen atoms in total. The second-order valence-electron chi connectivity index (χ2n) is 3.52. The van der Waals surface area contributed by atoms with Crippen LogP contribution in [-0.4, -0.2) is 37.2 Å². The van der Waals surface area contributed by atoms with E-state index in [1.165, 1.54) is 7.11 Å². The van der Waals surface area contributed by atoms with Crippen molar-refractivity contribution < 1.29 is 19.2 Å². The van der Waals surface area contributed by atoms with Crippen molar-refractivity contribution in [3.63, 3.8) is 0 Å². The molecule has 0 bridgehead atoms. The molecule has 1 fully saturated rings. The molecule has 2 N–H and O–H groups in total. The van der Waals surface area contributed by atoms with Gasteiger partial charge in [-0.1, -0.05) is 0 Å². The summed E-state index contributed by atoms with van der Waals surface area (Å²) in [5.74, 6) is -0.684. The van der Waals surface area contributed by atoms with E-state index in [4.69, 9.17) is 4.74 Å². The fraction of sp³-hybridized carbons (Fsp3) is 0.750. The van der Waals surface area contributed by atoms with Gasteiger partial charge in [-0.15, -0.1) is 0 Å². The SMILES string of the molecule is COC(C)(C)C(=O)N[C@@H]1CONC1=O. The average molecular weight is 202 g/mol. The number of hydrogen-bond donors (Lipinski definition) is 2. The van der Waals surface area contributed by atoms with Crippen molar-refractivity contribution in [3.8, 4) is 0 Å². The maximum Gasteiger partial charge on any atom is 0.268 e. The van der Waals surface area contributed by atoms with Crippen LogP contribution in [0, 0.1) is 0 Å². The molecule has 0 aromatic carbocycles. The molecule has 0 radical (unpaired) electrons. The largest absolute Gasteiger partial charge is 0.369 e. The summed E-state index contributed by atoms with van der Waals surface area (Å²) in [6.07, 6.45) is 0. The zero-order valence-corrected chi connectivity index (χ0v) is 8.42. The summed E-state index contributed by atoms with van der Waals surface area (Å²) in [6.45, 7) is 3.39. The number of methoxy groups -OCH3 is 1. The Hall–Kier alpha value is -1.14. The van der Waals surface area contributed by atoms with E-state index in [9.17, 15) is 9.59 Å². The van der Waals surface area contributed by atoms with Crippen LogP contribution >= 0.6 is 0 Å². The molecule has 1 atom stereocenters. The van der Waals surface area contributed by atoms with Crippen LogP contribution in [0.5, 0.6) is 0 Å². The maximum atomic E-state index is 11.5. The van der Waals surface area contributed by atoms with Crippen molar-refractivity contribution in [2.24, 2.45) is 0 Å². The molecule has 1 rings (SSSR count). The summed E-state index contributed by atoms with van der Waals surface area (Å²) in [5.41, 5.74) is 1.21. The first-order valence-electron chi connectivity index (χ1n) is 4.25. The Bertz CT molecular complexity index is 252. The van der Waals surface area contributed by atoms with Gasteiger partial charge in [0.15, 0.2) is 0 Å². The molecule has 1 heterocycles. The molecule has 0 unspecified atom stereocenters. The Balaban J connectivity index is 2.52. The van der Waals surface area contributed by atoms with Crippen LogP contribution in [0.2, 0.25) is 0 Å². The number of rotatable bonds is 3. The third kappa shape index (κ3) is 2.21. The Kier molecular flexibility index (Phi) is 3.07. The smallest absolute Gasteiger partial charge is 0.268 e. The van der Waals surface area contributed by atoms with Crippen LogP contribution in [0.15, 0.2) is 0 Å². The van der Waals surface area contributed by atoms with E-state index in [0.29, 0.717) is 0 Å². The highest BCUT2D eigenvalue weighted by atomic mass is 16.7. The molecule has 0 spiro atoms. The van der Waals surface area contributed by atoms with Gasteiger partial charge >= 0.3 is 0 Å². The predicted molar refractivity (Wildman–Crippen MR) is 47.1 cm³/mol. The molecule has 0 aromatic heterocycles. The minimum absolute atomic E-state index is 0.143. The lowest BCUT2D eigenvalue weighted by molar-refractivity contribution is -0.141. The summed E-state index contributed by atoms with van der Waals surface area (Å²) in [7, 11) is 1.44. The highest BCUT2D eigenvalue weighted by molar-refractivity contribution is 5.91. The molecule has 2 amide bonds. The van der Waals surface area contributed by atoms with Gasteiger partial charge in [0.05, 0.1) is 0 Å². The standard InChI is InChI=1S/C8H14N2O4/c1-8(2,13-3)7(12)9-5-4-14-10-6(5)11/h5H,4H2,1-3H3,(H,9,12)(H,10,11)/t5-/m1/s1. The number of nitrogens with one attached hydrogen (secondary N) is 2. The first-order valence-corrected chi connectivity index (χ1v) is 4.25. The zero-order chi connectivity index (χ0) is 10.8. The molecule has 80 valence electrons. The quantitative estimate of drug-likeness (QED) is 0.612. The second kappa shape index (κ2) is 3.93. The van der Waals surface area contributed by atoms with Crippen molar-refractivity contribution in [2.45, 2.75) is 25.5 Å². The van der Waals surface area contributed by atoms with Gasteiger partial charge in [-0.2, -0.15) is 0 Å². The van der Waals surface area contributed by atoms with Gasteiger partial charge in [-0.05, 0) is 13.8 Å². The molecule has 0 aromatic rings. The zero-order valence-electron chi connectivity index (χ0n) is 8.42. The Morgan fingerprint density at radius 2 is 2.36 bits per heavy atom. The van der Waals surface area contributed by atoms with E-state index in [1.807, 2.05) is 0 Å². The number of carbonyl (C=O) groups is 2. The van der Waals surface area contributed by atoms with Crippen LogP contribution < -0.4 is 10.8 Å². The number of hydroxylamine groups is 1. The normalized spacial score (nSPS) is 21.9. The topological polar surface area (TPSA) is 76.7 Å². The summed E-state index contributed by atoms with van der Waals surface area (Å²) in [6, 6.07) is -0.628. The predicted octanol–water partition coefficient (Wildman–Crippen LogP) is -1.04. The van der Waals surface area contributed by atoms with E-state index >= 15 is 0 Å². The van der Waals surface area contributed by atoms with E-state index < -0.39 is 11.6 Å². The fourth-order valence-electron chi connectivity index (χ4n) is 0.875. The highest BCUT2D eigenvalue weighted by Gasteiger charge is 2.33. The molecule has 0 saturated carbocycles. The molecule has 1 aliphatic heterocycles. The van der Waals surface area contributed by atoms with Crippen LogP contribution in [0.25, 0.3) is 0 Å². The van der Waals surface area contributed by atoms with Crippen molar-refractivity contribution in [3.05, 3.63) is 0 Å². The maximum absolute atomic E-state index is 11.5. The molecular weight excluding hydrogens is 188 g/mol. The van der Waals surface area contributed by atoms with E-state index in [1.54, 1.807) is 13.8 Å². The fourth-order valence-corrected chi connectivity index (χ4v) is 0.875. The Labute approximate surface area is 81.9 Å². The third-order valence-corrected chi connectivity index (χ3v) is 2.10. The third-order valence-electron chi connectivity index (χ3n) is 2.10. The molecule has 14 heavy (non-hydrogen) atoms. The monoisotopic (exact) mass is 202 g/mol. The van der Waals surface area contributed by atoms with Gasteiger partial charge in [0.25, 0.3) is 11.8 Å². The highest BCUT2D eigenvalue weighted by Crippen LogP contribution is 2.08. The summed E-state index contributed by atoms with van der Waals surface area (Å²) >= 11 is 0. The van der Waals surface area contributed by atoms with Gasteiger partial charge in [0.1, 0.15) is 18.2 Å². The van der Waals surface area contributed by atoms with Crippen LogP contribution in [0.1, 0.15) is 13.8 Å². The average Bonchev–Trinajstić information content (AvgIpc) is 2.52. The summed E-state index contributed by atoms with van der Waals surface area (Å²) in [4.78, 5) is 27.2. The van der Waals surface area contributed by atoms with Crippen LogP contribution in [-0.2, 0) is 19.2 Å². The lowest BCUT2D eigenvalue weighted by Crippen LogP contribution is -2.50. The number of carbonyl (C=O) groups excluding carboxylic acids is 2. The van der Waals surface area contributed by atoms with Gasteiger partial charge in [-0.3, -0.25) is 14.4 Å². The summed E-state index contributed by atoms with van der Waals surface area (Å²) < 4.78 is 4.96. The molecule has 0 aliphatic carbocycles. The van der Waals surface area contributed by atoms with Gasteiger partial charge in [-0.25, -0.2) is 5.48 Å². The van der Waals surface area contributed by atoms with Crippen molar-refractivity contribution >= 4 is 11.8 Å². The summed E-state index contributed by atoms with van der Waals surface area (Å²) in [5, 5.41) is 2.52. The van der Waals surface area contributed by atoms with E-state index in [2.05, 4.69) is 15.6 Å². The van der Waals surface area contributed by atoms with Gasteiger partial charge in [0.2, 0.25) is 0 Å².